The van der Waals surface area contributed by atoms with Crippen molar-refractivity contribution in [3.63, 3.8) is 0 Å². The molecule has 0 saturated heterocycles. The van der Waals surface area contributed by atoms with Crippen LogP contribution in [0.25, 0.3) is 43.4 Å². The number of fused-ring (bicyclic) bond motifs is 4. The van der Waals surface area contributed by atoms with Gasteiger partial charge in [-0.2, -0.15) is 0 Å². The Hall–Kier alpha value is -4.59. The van der Waals surface area contributed by atoms with Gasteiger partial charge in [-0.15, -0.1) is 0 Å². The third kappa shape index (κ3) is 3.98. The standard InChI is InChI=1S/C36H24ClN/c37-36-24-32(23-35-33-16-7-6-10-26(33)19-20-34(35)36)38(30-13-2-1-3-14-30)31-15-8-12-28(22-31)29-18-17-25-9-4-5-11-27(25)21-29/h1-24H. The fourth-order valence-electron chi connectivity index (χ4n) is 5.40. The normalized spacial score (nSPS) is 11.3. The molecule has 180 valence electrons. The molecular formula is C36H24ClN. The molecule has 0 aromatic heterocycles. The van der Waals surface area contributed by atoms with E-state index in [2.05, 4.69) is 144 Å². The van der Waals surface area contributed by atoms with Crippen LogP contribution < -0.4 is 4.90 Å². The molecule has 0 amide bonds. The van der Waals surface area contributed by atoms with Gasteiger partial charge in [-0.3, -0.25) is 0 Å². The summed E-state index contributed by atoms with van der Waals surface area (Å²) in [6.07, 6.45) is 0. The van der Waals surface area contributed by atoms with Gasteiger partial charge in [-0.25, -0.2) is 0 Å². The van der Waals surface area contributed by atoms with Crippen LogP contribution in [-0.4, -0.2) is 0 Å². The molecule has 7 rings (SSSR count). The van der Waals surface area contributed by atoms with Gasteiger partial charge in [0.2, 0.25) is 0 Å². The SMILES string of the molecule is Clc1cc(N(c2ccccc2)c2cccc(-c3ccc4ccccc4c3)c2)cc2c1ccc1ccccc12. The van der Waals surface area contributed by atoms with Crippen molar-refractivity contribution in [1.29, 1.82) is 0 Å². The number of benzene rings is 7. The second-order valence-corrected chi connectivity index (χ2v) is 10.00. The lowest BCUT2D eigenvalue weighted by atomic mass is 9.99. The minimum atomic E-state index is 0.745. The number of anilines is 3. The van der Waals surface area contributed by atoms with Crippen molar-refractivity contribution >= 4 is 61.0 Å². The first-order valence-corrected chi connectivity index (χ1v) is 13.2. The molecule has 38 heavy (non-hydrogen) atoms. The number of halogens is 1. The van der Waals surface area contributed by atoms with Gasteiger partial charge < -0.3 is 4.90 Å². The molecule has 0 unspecified atom stereocenters. The van der Waals surface area contributed by atoms with E-state index >= 15 is 0 Å². The first-order chi connectivity index (χ1) is 18.7. The maximum Gasteiger partial charge on any atom is 0.0505 e. The Labute approximate surface area is 227 Å². The third-order valence-electron chi connectivity index (χ3n) is 7.25. The van der Waals surface area contributed by atoms with E-state index in [-0.39, 0.29) is 0 Å². The first kappa shape index (κ1) is 22.6. The molecule has 0 aliphatic rings. The highest BCUT2D eigenvalue weighted by atomic mass is 35.5. The Kier molecular flexibility index (Phi) is 5.57. The molecule has 2 heteroatoms. The lowest BCUT2D eigenvalue weighted by Gasteiger charge is -2.27. The second-order valence-electron chi connectivity index (χ2n) is 9.59. The van der Waals surface area contributed by atoms with E-state index in [0.29, 0.717) is 0 Å². The van der Waals surface area contributed by atoms with Gasteiger partial charge in [0.25, 0.3) is 0 Å². The van der Waals surface area contributed by atoms with E-state index in [0.717, 1.165) is 32.9 Å². The maximum absolute atomic E-state index is 6.94. The number of hydrogen-bond donors (Lipinski definition) is 0. The van der Waals surface area contributed by atoms with E-state index in [9.17, 15) is 0 Å². The van der Waals surface area contributed by atoms with Gasteiger partial charge in [0, 0.05) is 22.4 Å². The fourth-order valence-corrected chi connectivity index (χ4v) is 5.68. The van der Waals surface area contributed by atoms with Crippen LogP contribution in [0, 0.1) is 0 Å². The van der Waals surface area contributed by atoms with Gasteiger partial charge in [-0.05, 0) is 80.5 Å². The van der Waals surface area contributed by atoms with E-state index in [4.69, 9.17) is 11.6 Å². The summed E-state index contributed by atoms with van der Waals surface area (Å²) in [6, 6.07) is 51.5. The van der Waals surface area contributed by atoms with Crippen LogP contribution in [0.2, 0.25) is 5.02 Å². The van der Waals surface area contributed by atoms with Crippen molar-refractivity contribution in [3.05, 3.63) is 151 Å². The molecule has 0 aliphatic carbocycles. The molecule has 0 bridgehead atoms. The largest absolute Gasteiger partial charge is 0.310 e. The van der Waals surface area contributed by atoms with Crippen LogP contribution in [-0.2, 0) is 0 Å². The minimum absolute atomic E-state index is 0.745. The molecule has 0 saturated carbocycles. The topological polar surface area (TPSA) is 3.24 Å². The summed E-state index contributed by atoms with van der Waals surface area (Å²) in [5.74, 6) is 0. The highest BCUT2D eigenvalue weighted by Gasteiger charge is 2.16. The summed E-state index contributed by atoms with van der Waals surface area (Å²) < 4.78 is 0. The van der Waals surface area contributed by atoms with Gasteiger partial charge in [0.1, 0.15) is 0 Å². The summed E-state index contributed by atoms with van der Waals surface area (Å²) >= 11 is 6.94. The lowest BCUT2D eigenvalue weighted by molar-refractivity contribution is 1.29. The van der Waals surface area contributed by atoms with Gasteiger partial charge >= 0.3 is 0 Å². The zero-order valence-electron chi connectivity index (χ0n) is 20.7. The van der Waals surface area contributed by atoms with Crippen molar-refractivity contribution in [2.45, 2.75) is 0 Å². The second kappa shape index (κ2) is 9.37. The monoisotopic (exact) mass is 505 g/mol. The Bertz CT molecular complexity index is 1940. The number of rotatable bonds is 4. The number of para-hydroxylation sites is 1. The molecule has 0 N–H and O–H groups in total. The number of nitrogens with zero attached hydrogens (tertiary/aromatic N) is 1. The van der Waals surface area contributed by atoms with E-state index in [1.807, 2.05) is 6.07 Å². The Morgan fingerprint density at radius 3 is 1.92 bits per heavy atom. The Morgan fingerprint density at radius 1 is 0.368 bits per heavy atom. The fraction of sp³-hybridized carbons (Fsp3) is 0. The highest BCUT2D eigenvalue weighted by Crippen LogP contribution is 2.41. The van der Waals surface area contributed by atoms with Crippen LogP contribution in [0.4, 0.5) is 17.1 Å². The quantitative estimate of drug-likeness (QED) is 0.215. The third-order valence-corrected chi connectivity index (χ3v) is 7.57. The van der Waals surface area contributed by atoms with Crippen LogP contribution in [0.15, 0.2) is 146 Å². The maximum atomic E-state index is 6.94. The van der Waals surface area contributed by atoms with Crippen LogP contribution in [0.5, 0.6) is 0 Å². The number of hydrogen-bond acceptors (Lipinski definition) is 1. The zero-order chi connectivity index (χ0) is 25.5. The summed E-state index contributed by atoms with van der Waals surface area (Å²) in [5, 5.41) is 7.85. The molecule has 0 radical (unpaired) electrons. The molecule has 7 aromatic carbocycles. The highest BCUT2D eigenvalue weighted by molar-refractivity contribution is 6.37. The van der Waals surface area contributed by atoms with Crippen molar-refractivity contribution in [3.8, 4) is 11.1 Å². The lowest BCUT2D eigenvalue weighted by Crippen LogP contribution is -2.10. The van der Waals surface area contributed by atoms with Crippen LogP contribution >= 0.6 is 11.6 Å². The average Bonchev–Trinajstić information content (AvgIpc) is 2.98. The van der Waals surface area contributed by atoms with E-state index in [1.165, 1.54) is 32.7 Å². The molecule has 0 fully saturated rings. The molecule has 0 atom stereocenters. The molecule has 1 nitrogen and oxygen atoms in total. The summed E-state index contributed by atoms with van der Waals surface area (Å²) in [7, 11) is 0. The molecular weight excluding hydrogens is 482 g/mol. The van der Waals surface area contributed by atoms with E-state index < -0.39 is 0 Å². The average molecular weight is 506 g/mol. The van der Waals surface area contributed by atoms with Crippen molar-refractivity contribution in [2.24, 2.45) is 0 Å². The summed E-state index contributed by atoms with van der Waals surface area (Å²) in [6.45, 7) is 0. The van der Waals surface area contributed by atoms with Gasteiger partial charge in [0.05, 0.1) is 5.02 Å². The predicted octanol–water partition coefficient (Wildman–Crippen LogP) is 10.9. The Balaban J connectivity index is 1.43. The molecule has 0 spiro atoms. The van der Waals surface area contributed by atoms with Crippen LogP contribution in [0.1, 0.15) is 0 Å². The summed E-state index contributed by atoms with van der Waals surface area (Å²) in [4.78, 5) is 2.29. The molecule has 0 aliphatic heterocycles. The minimum Gasteiger partial charge on any atom is -0.310 e. The van der Waals surface area contributed by atoms with Crippen molar-refractivity contribution in [1.82, 2.24) is 0 Å². The smallest absolute Gasteiger partial charge is 0.0505 e. The predicted molar refractivity (Wildman–Crippen MR) is 164 cm³/mol. The van der Waals surface area contributed by atoms with Crippen molar-refractivity contribution < 1.29 is 0 Å². The Morgan fingerprint density at radius 2 is 1.05 bits per heavy atom. The molecule has 7 aromatic rings. The van der Waals surface area contributed by atoms with E-state index in [1.54, 1.807) is 0 Å². The summed E-state index contributed by atoms with van der Waals surface area (Å²) in [5.41, 5.74) is 5.56. The molecule has 0 heterocycles. The zero-order valence-corrected chi connectivity index (χ0v) is 21.4. The van der Waals surface area contributed by atoms with Crippen LogP contribution in [0.3, 0.4) is 0 Å². The van der Waals surface area contributed by atoms with Gasteiger partial charge in [-0.1, -0.05) is 115 Å². The first-order valence-electron chi connectivity index (χ1n) is 12.8. The van der Waals surface area contributed by atoms with Crippen molar-refractivity contribution in [2.75, 3.05) is 4.90 Å². The van der Waals surface area contributed by atoms with Gasteiger partial charge in [0.15, 0.2) is 0 Å².